The Bertz CT molecular complexity index is 497. The number of thioether (sulfide) groups is 1. The third-order valence-corrected chi connectivity index (χ3v) is 4.13. The molecule has 1 amide bonds. The van der Waals surface area contributed by atoms with E-state index in [9.17, 15) is 9.59 Å². The van der Waals surface area contributed by atoms with E-state index in [0.717, 1.165) is 5.75 Å². The van der Waals surface area contributed by atoms with E-state index in [4.69, 9.17) is 22.4 Å². The Balaban J connectivity index is 2.57. The van der Waals surface area contributed by atoms with Gasteiger partial charge >= 0.3 is 5.97 Å². The average molecular weight is 317 g/mol. The second kappa shape index (κ2) is 8.14. The van der Waals surface area contributed by atoms with Gasteiger partial charge in [-0.25, -0.2) is 4.79 Å². The summed E-state index contributed by atoms with van der Waals surface area (Å²) < 4.78 is 0. The number of hydrogen-bond acceptors (Lipinski definition) is 4. The summed E-state index contributed by atoms with van der Waals surface area (Å²) in [5.41, 5.74) is 5.88. The SMILES string of the molecule is CC(CN)CSCC(=O)Nc1cc(C(=O)O)ccc1Cl. The first kappa shape index (κ1) is 16.8. The van der Waals surface area contributed by atoms with Crippen LogP contribution in [0.15, 0.2) is 18.2 Å². The maximum Gasteiger partial charge on any atom is 0.335 e. The van der Waals surface area contributed by atoms with E-state index in [1.54, 1.807) is 0 Å². The monoisotopic (exact) mass is 316 g/mol. The molecule has 1 rings (SSSR count). The van der Waals surface area contributed by atoms with Crippen LogP contribution in [0.4, 0.5) is 5.69 Å². The second-order valence-electron chi connectivity index (χ2n) is 4.40. The molecule has 0 aliphatic rings. The van der Waals surface area contributed by atoms with Crippen LogP contribution in [0, 0.1) is 5.92 Å². The zero-order valence-corrected chi connectivity index (χ0v) is 12.6. The molecule has 0 aliphatic heterocycles. The van der Waals surface area contributed by atoms with Crippen molar-refractivity contribution in [1.29, 1.82) is 0 Å². The Morgan fingerprint density at radius 1 is 1.50 bits per heavy atom. The molecule has 110 valence electrons. The van der Waals surface area contributed by atoms with Crippen LogP contribution in [0.3, 0.4) is 0 Å². The first-order valence-corrected chi connectivity index (χ1v) is 7.57. The molecule has 0 spiro atoms. The van der Waals surface area contributed by atoms with Crippen LogP contribution in [-0.4, -0.2) is 35.0 Å². The number of rotatable bonds is 7. The van der Waals surface area contributed by atoms with E-state index in [-0.39, 0.29) is 17.2 Å². The van der Waals surface area contributed by atoms with Gasteiger partial charge in [-0.3, -0.25) is 4.79 Å². The summed E-state index contributed by atoms with van der Waals surface area (Å²) in [6, 6.07) is 4.18. The first-order chi connectivity index (χ1) is 9.43. The molecular weight excluding hydrogens is 300 g/mol. The Kier molecular flexibility index (Phi) is 6.84. The lowest BCUT2D eigenvalue weighted by molar-refractivity contribution is -0.113. The maximum absolute atomic E-state index is 11.7. The molecule has 0 bridgehead atoms. The number of carboxylic acid groups (broad SMARTS) is 1. The van der Waals surface area contributed by atoms with Crippen molar-refractivity contribution in [2.24, 2.45) is 11.7 Å². The Morgan fingerprint density at radius 2 is 2.20 bits per heavy atom. The van der Waals surface area contributed by atoms with Crippen molar-refractivity contribution in [2.75, 3.05) is 23.4 Å². The molecule has 7 heteroatoms. The molecule has 0 radical (unpaired) electrons. The molecule has 0 aromatic heterocycles. The molecule has 0 saturated heterocycles. The molecule has 20 heavy (non-hydrogen) atoms. The summed E-state index contributed by atoms with van der Waals surface area (Å²) in [6.07, 6.45) is 0. The molecule has 1 aromatic carbocycles. The van der Waals surface area contributed by atoms with Gasteiger partial charge in [-0.2, -0.15) is 11.8 Å². The van der Waals surface area contributed by atoms with Crippen molar-refractivity contribution in [3.05, 3.63) is 28.8 Å². The normalized spacial score (nSPS) is 11.9. The predicted molar refractivity (Wildman–Crippen MR) is 82.6 cm³/mol. The zero-order valence-electron chi connectivity index (χ0n) is 11.1. The lowest BCUT2D eigenvalue weighted by Gasteiger charge is -2.10. The summed E-state index contributed by atoms with van der Waals surface area (Å²) in [7, 11) is 0. The predicted octanol–water partition coefficient (Wildman–Crippen LogP) is 2.30. The third-order valence-electron chi connectivity index (χ3n) is 2.53. The second-order valence-corrected chi connectivity index (χ2v) is 5.84. The summed E-state index contributed by atoms with van der Waals surface area (Å²) in [5, 5.41) is 11.8. The van der Waals surface area contributed by atoms with Gasteiger partial charge in [-0.15, -0.1) is 0 Å². The molecular formula is C13H17ClN2O3S. The van der Waals surface area contributed by atoms with E-state index in [1.165, 1.54) is 30.0 Å². The van der Waals surface area contributed by atoms with Crippen molar-refractivity contribution >= 4 is 40.9 Å². The van der Waals surface area contributed by atoms with Crippen molar-refractivity contribution in [1.82, 2.24) is 0 Å². The van der Waals surface area contributed by atoms with Gasteiger partial charge in [0, 0.05) is 0 Å². The molecule has 1 atom stereocenters. The molecule has 1 unspecified atom stereocenters. The number of anilines is 1. The number of hydrogen-bond donors (Lipinski definition) is 3. The van der Waals surface area contributed by atoms with Gasteiger partial charge in [0.2, 0.25) is 5.91 Å². The van der Waals surface area contributed by atoms with Gasteiger partial charge < -0.3 is 16.2 Å². The highest BCUT2D eigenvalue weighted by Gasteiger charge is 2.10. The summed E-state index contributed by atoms with van der Waals surface area (Å²) in [6.45, 7) is 2.60. The number of nitrogens with two attached hydrogens (primary N) is 1. The summed E-state index contributed by atoms with van der Waals surface area (Å²) in [5.74, 6) is 0.142. The summed E-state index contributed by atoms with van der Waals surface area (Å²) >= 11 is 7.40. The number of halogens is 1. The van der Waals surface area contributed by atoms with E-state index in [1.807, 2.05) is 6.92 Å². The number of aromatic carboxylic acids is 1. The first-order valence-electron chi connectivity index (χ1n) is 6.04. The number of carbonyl (C=O) groups excluding carboxylic acids is 1. The smallest absolute Gasteiger partial charge is 0.335 e. The topological polar surface area (TPSA) is 92.4 Å². The maximum atomic E-state index is 11.7. The molecule has 0 heterocycles. The number of amides is 1. The Hall–Kier alpha value is -1.24. The standard InChI is InChI=1S/C13H17ClN2O3S/c1-8(5-15)6-20-7-12(17)16-11-4-9(13(18)19)2-3-10(11)14/h2-4,8H,5-7,15H2,1H3,(H,16,17)(H,18,19). The van der Waals surface area contributed by atoms with Gasteiger partial charge in [0.15, 0.2) is 0 Å². The van der Waals surface area contributed by atoms with Crippen molar-refractivity contribution in [2.45, 2.75) is 6.92 Å². The molecule has 1 aromatic rings. The van der Waals surface area contributed by atoms with E-state index in [2.05, 4.69) is 5.32 Å². The quantitative estimate of drug-likeness (QED) is 0.718. The fourth-order valence-corrected chi connectivity index (χ4v) is 2.44. The molecule has 0 aliphatic carbocycles. The molecule has 0 saturated carbocycles. The van der Waals surface area contributed by atoms with Crippen molar-refractivity contribution in [3.63, 3.8) is 0 Å². The number of carbonyl (C=O) groups is 2. The van der Waals surface area contributed by atoms with E-state index < -0.39 is 5.97 Å². The number of nitrogens with one attached hydrogen (secondary N) is 1. The molecule has 0 fully saturated rings. The lowest BCUT2D eigenvalue weighted by atomic mass is 10.2. The third kappa shape index (κ3) is 5.40. The van der Waals surface area contributed by atoms with Crippen LogP contribution in [-0.2, 0) is 4.79 Å². The highest BCUT2D eigenvalue weighted by molar-refractivity contribution is 7.99. The van der Waals surface area contributed by atoms with Crippen LogP contribution in [0.2, 0.25) is 5.02 Å². The fourth-order valence-electron chi connectivity index (χ4n) is 1.36. The van der Waals surface area contributed by atoms with E-state index >= 15 is 0 Å². The minimum Gasteiger partial charge on any atom is -0.478 e. The van der Waals surface area contributed by atoms with Crippen LogP contribution >= 0.6 is 23.4 Å². The van der Waals surface area contributed by atoms with Gasteiger partial charge in [-0.05, 0) is 36.4 Å². The Morgan fingerprint density at radius 3 is 2.80 bits per heavy atom. The number of benzene rings is 1. The van der Waals surface area contributed by atoms with Crippen LogP contribution in [0.25, 0.3) is 0 Å². The van der Waals surface area contributed by atoms with Gasteiger partial charge in [0.05, 0.1) is 22.0 Å². The van der Waals surface area contributed by atoms with Crippen molar-refractivity contribution in [3.8, 4) is 0 Å². The minimum absolute atomic E-state index is 0.0779. The van der Waals surface area contributed by atoms with Gasteiger partial charge in [-0.1, -0.05) is 18.5 Å². The van der Waals surface area contributed by atoms with Crippen LogP contribution in [0.1, 0.15) is 17.3 Å². The van der Waals surface area contributed by atoms with Crippen LogP contribution in [0.5, 0.6) is 0 Å². The molecule has 5 nitrogen and oxygen atoms in total. The molecule has 4 N–H and O–H groups in total. The van der Waals surface area contributed by atoms with Crippen LogP contribution < -0.4 is 11.1 Å². The fraction of sp³-hybridized carbons (Fsp3) is 0.385. The zero-order chi connectivity index (χ0) is 15.1. The van der Waals surface area contributed by atoms with Crippen molar-refractivity contribution < 1.29 is 14.7 Å². The lowest BCUT2D eigenvalue weighted by Crippen LogP contribution is -2.18. The average Bonchev–Trinajstić information content (AvgIpc) is 2.40. The largest absolute Gasteiger partial charge is 0.478 e. The minimum atomic E-state index is -1.07. The van der Waals surface area contributed by atoms with E-state index in [0.29, 0.717) is 23.2 Å². The van der Waals surface area contributed by atoms with Gasteiger partial charge in [0.25, 0.3) is 0 Å². The highest BCUT2D eigenvalue weighted by atomic mass is 35.5. The number of carboxylic acids is 1. The Labute approximate surface area is 126 Å². The highest BCUT2D eigenvalue weighted by Crippen LogP contribution is 2.23. The summed E-state index contributed by atoms with van der Waals surface area (Å²) in [4.78, 5) is 22.6. The van der Waals surface area contributed by atoms with Gasteiger partial charge in [0.1, 0.15) is 0 Å².